The van der Waals surface area contributed by atoms with Crippen LogP contribution in [0.3, 0.4) is 0 Å². The van der Waals surface area contributed by atoms with Gasteiger partial charge in [0.25, 0.3) is 5.91 Å². The lowest BCUT2D eigenvalue weighted by molar-refractivity contribution is 0.0551. The first-order valence-electron chi connectivity index (χ1n) is 7.60. The van der Waals surface area contributed by atoms with E-state index in [4.69, 9.17) is 10.8 Å². The lowest BCUT2D eigenvalue weighted by Crippen LogP contribution is -2.45. The van der Waals surface area contributed by atoms with E-state index < -0.39 is 0 Å². The van der Waals surface area contributed by atoms with Crippen molar-refractivity contribution in [3.63, 3.8) is 0 Å². The highest BCUT2D eigenvalue weighted by Gasteiger charge is 2.33. The Hall–Kier alpha value is -1.49. The zero-order valence-electron chi connectivity index (χ0n) is 11.8. The van der Waals surface area contributed by atoms with Crippen LogP contribution in [0.4, 0.5) is 5.69 Å². The molecule has 1 amide bonds. The van der Waals surface area contributed by atoms with E-state index in [1.165, 1.54) is 6.42 Å². The average Bonchev–Trinajstić information content (AvgIpc) is 3.14. The fraction of sp³-hybridized carbons (Fsp3) is 0.667. The van der Waals surface area contributed by atoms with Crippen LogP contribution in [0.1, 0.15) is 55.1 Å². The smallest absolute Gasteiger partial charge is 0.270 e. The predicted molar refractivity (Wildman–Crippen MR) is 77.5 cm³/mol. The van der Waals surface area contributed by atoms with Gasteiger partial charge in [-0.15, -0.1) is 0 Å². The zero-order valence-corrected chi connectivity index (χ0v) is 11.8. The molecule has 0 saturated heterocycles. The van der Waals surface area contributed by atoms with Crippen LogP contribution in [0.5, 0.6) is 0 Å². The number of aromatic nitrogens is 1. The molecule has 3 rings (SSSR count). The highest BCUT2D eigenvalue weighted by atomic mass is 16.3. The second-order valence-corrected chi connectivity index (χ2v) is 5.96. The van der Waals surface area contributed by atoms with Gasteiger partial charge in [0.05, 0.1) is 5.69 Å². The van der Waals surface area contributed by atoms with Gasteiger partial charge in [0, 0.05) is 31.4 Å². The molecule has 2 aliphatic rings. The molecule has 2 fully saturated rings. The molecule has 0 radical (unpaired) electrons. The van der Waals surface area contributed by atoms with E-state index in [1.54, 1.807) is 6.07 Å². The summed E-state index contributed by atoms with van der Waals surface area (Å²) in [4.78, 5) is 14.8. The highest BCUT2D eigenvalue weighted by molar-refractivity contribution is 5.94. The van der Waals surface area contributed by atoms with Crippen LogP contribution in [0.15, 0.2) is 12.3 Å². The Morgan fingerprint density at radius 3 is 2.70 bits per heavy atom. The van der Waals surface area contributed by atoms with Crippen molar-refractivity contribution >= 4 is 11.6 Å². The van der Waals surface area contributed by atoms with Crippen LogP contribution >= 0.6 is 0 Å². The maximum Gasteiger partial charge on any atom is 0.270 e. The van der Waals surface area contributed by atoms with Crippen molar-refractivity contribution in [2.24, 2.45) is 0 Å². The SMILES string of the molecule is Nc1cc(C(=O)N(CCCO)C2CCC2)n(C2CC2)c1. The van der Waals surface area contributed by atoms with Gasteiger partial charge in [-0.3, -0.25) is 4.79 Å². The molecule has 1 aromatic heterocycles. The third-order valence-electron chi connectivity index (χ3n) is 4.36. The summed E-state index contributed by atoms with van der Waals surface area (Å²) in [6, 6.07) is 2.59. The molecule has 20 heavy (non-hydrogen) atoms. The number of amides is 1. The van der Waals surface area contributed by atoms with E-state index in [9.17, 15) is 4.79 Å². The number of anilines is 1. The maximum atomic E-state index is 12.8. The molecule has 1 heterocycles. The third-order valence-corrected chi connectivity index (χ3v) is 4.36. The molecule has 3 N–H and O–H groups in total. The summed E-state index contributed by atoms with van der Waals surface area (Å²) in [6.07, 6.45) is 8.15. The molecular formula is C15H23N3O2. The van der Waals surface area contributed by atoms with E-state index in [2.05, 4.69) is 0 Å². The van der Waals surface area contributed by atoms with Gasteiger partial charge in [-0.2, -0.15) is 0 Å². The van der Waals surface area contributed by atoms with Crippen molar-refractivity contribution in [1.29, 1.82) is 0 Å². The minimum atomic E-state index is 0.0757. The highest BCUT2D eigenvalue weighted by Crippen LogP contribution is 2.38. The van der Waals surface area contributed by atoms with Gasteiger partial charge in [0.15, 0.2) is 0 Å². The number of hydrogen-bond donors (Lipinski definition) is 2. The number of rotatable bonds is 6. The van der Waals surface area contributed by atoms with E-state index in [0.717, 1.165) is 31.4 Å². The Labute approximate surface area is 119 Å². The van der Waals surface area contributed by atoms with Gasteiger partial charge >= 0.3 is 0 Å². The van der Waals surface area contributed by atoms with Crippen molar-refractivity contribution in [1.82, 2.24) is 9.47 Å². The normalized spacial score (nSPS) is 18.9. The number of carbonyl (C=O) groups excluding carboxylic acids is 1. The zero-order chi connectivity index (χ0) is 14.1. The molecule has 0 unspecified atom stereocenters. The molecule has 0 bridgehead atoms. The molecule has 1 aromatic rings. The van der Waals surface area contributed by atoms with Gasteiger partial charge in [-0.25, -0.2) is 0 Å². The summed E-state index contributed by atoms with van der Waals surface area (Å²) in [5.41, 5.74) is 7.25. The number of nitrogen functional groups attached to an aromatic ring is 1. The number of hydrogen-bond acceptors (Lipinski definition) is 3. The molecule has 2 aliphatic carbocycles. The van der Waals surface area contributed by atoms with Crippen molar-refractivity contribution < 1.29 is 9.90 Å². The summed E-state index contributed by atoms with van der Waals surface area (Å²) in [6.45, 7) is 0.762. The van der Waals surface area contributed by atoms with Crippen molar-refractivity contribution in [2.75, 3.05) is 18.9 Å². The van der Waals surface area contributed by atoms with Crippen molar-refractivity contribution in [3.8, 4) is 0 Å². The minimum Gasteiger partial charge on any atom is -0.397 e. The Morgan fingerprint density at radius 2 is 2.15 bits per heavy atom. The number of carbonyl (C=O) groups is 1. The van der Waals surface area contributed by atoms with E-state index in [-0.39, 0.29) is 12.5 Å². The number of nitrogens with zero attached hydrogens (tertiary/aromatic N) is 2. The first-order valence-corrected chi connectivity index (χ1v) is 7.60. The third kappa shape index (κ3) is 2.54. The van der Waals surface area contributed by atoms with E-state index in [0.29, 0.717) is 30.7 Å². The predicted octanol–water partition coefficient (Wildman–Crippen LogP) is 1.78. The molecule has 0 aliphatic heterocycles. The standard InChI is InChI=1S/C15H23N3O2/c16-11-9-14(18(10-11)13-5-6-13)15(20)17(7-2-8-19)12-3-1-4-12/h9-10,12-13,19H,1-8,16H2. The Bertz CT molecular complexity index is 489. The monoisotopic (exact) mass is 277 g/mol. The Balaban J connectivity index is 1.80. The van der Waals surface area contributed by atoms with Crippen LogP contribution in [0.25, 0.3) is 0 Å². The Kier molecular flexibility index (Phi) is 3.70. The van der Waals surface area contributed by atoms with Crippen LogP contribution in [-0.2, 0) is 0 Å². The lowest BCUT2D eigenvalue weighted by Gasteiger charge is -2.37. The molecule has 2 saturated carbocycles. The van der Waals surface area contributed by atoms with E-state index in [1.807, 2.05) is 15.7 Å². The summed E-state index contributed by atoms with van der Waals surface area (Å²) >= 11 is 0. The van der Waals surface area contributed by atoms with E-state index >= 15 is 0 Å². The maximum absolute atomic E-state index is 12.8. The largest absolute Gasteiger partial charge is 0.397 e. The first kappa shape index (κ1) is 13.5. The molecule has 5 nitrogen and oxygen atoms in total. The van der Waals surface area contributed by atoms with Gasteiger partial charge in [0.1, 0.15) is 5.69 Å². The lowest BCUT2D eigenvalue weighted by atomic mass is 9.91. The topological polar surface area (TPSA) is 71.5 Å². The molecule has 0 atom stereocenters. The molecular weight excluding hydrogens is 254 g/mol. The van der Waals surface area contributed by atoms with Crippen LogP contribution in [0.2, 0.25) is 0 Å². The fourth-order valence-corrected chi connectivity index (χ4v) is 2.86. The van der Waals surface area contributed by atoms with Gasteiger partial charge in [-0.1, -0.05) is 0 Å². The van der Waals surface area contributed by atoms with Crippen LogP contribution in [0, 0.1) is 0 Å². The summed E-state index contributed by atoms with van der Waals surface area (Å²) in [5.74, 6) is 0.0757. The molecule has 0 aromatic carbocycles. The van der Waals surface area contributed by atoms with Gasteiger partial charge < -0.3 is 20.3 Å². The number of aliphatic hydroxyl groups excluding tert-OH is 1. The summed E-state index contributed by atoms with van der Waals surface area (Å²) in [7, 11) is 0. The molecule has 0 spiro atoms. The van der Waals surface area contributed by atoms with Crippen molar-refractivity contribution in [3.05, 3.63) is 18.0 Å². The van der Waals surface area contributed by atoms with Crippen LogP contribution in [-0.4, -0.2) is 39.7 Å². The van der Waals surface area contributed by atoms with Gasteiger partial charge in [0.2, 0.25) is 0 Å². The summed E-state index contributed by atoms with van der Waals surface area (Å²) < 4.78 is 2.04. The fourth-order valence-electron chi connectivity index (χ4n) is 2.86. The molecule has 5 heteroatoms. The quantitative estimate of drug-likeness (QED) is 0.832. The number of aliphatic hydroxyl groups is 1. The van der Waals surface area contributed by atoms with Crippen LogP contribution < -0.4 is 5.73 Å². The average molecular weight is 277 g/mol. The minimum absolute atomic E-state index is 0.0757. The van der Waals surface area contributed by atoms with Gasteiger partial charge in [-0.05, 0) is 44.6 Å². The first-order chi connectivity index (χ1) is 9.70. The number of nitrogens with two attached hydrogens (primary N) is 1. The Morgan fingerprint density at radius 1 is 1.40 bits per heavy atom. The second kappa shape index (κ2) is 5.48. The van der Waals surface area contributed by atoms with Crippen molar-refractivity contribution in [2.45, 2.75) is 50.6 Å². The second-order valence-electron chi connectivity index (χ2n) is 5.96. The molecule has 110 valence electrons. The summed E-state index contributed by atoms with van der Waals surface area (Å²) in [5, 5.41) is 9.03.